The number of rotatable bonds is 3. The Kier molecular flexibility index (Phi) is 3.72. The summed E-state index contributed by atoms with van der Waals surface area (Å²) in [4.78, 5) is 16.0. The number of hydrogen-bond donors (Lipinski definition) is 2. The van der Waals surface area contributed by atoms with Crippen molar-refractivity contribution in [2.45, 2.75) is 11.8 Å². The Balaban J connectivity index is 2.97. The highest BCUT2D eigenvalue weighted by Gasteiger charge is 2.10. The second-order valence-electron chi connectivity index (χ2n) is 2.26. The number of nitrogens with zero attached hydrogens (tertiary/aromatic N) is 1. The largest absolute Gasteiger partial charge is 0.289 e. The Labute approximate surface area is 80.9 Å². The van der Waals surface area contributed by atoms with Crippen LogP contribution >= 0.6 is 11.8 Å². The Morgan fingerprint density at radius 1 is 1.77 bits per heavy atom. The molecule has 0 aromatic carbocycles. The molecule has 4 nitrogen and oxygen atoms in total. The fourth-order valence-corrected chi connectivity index (χ4v) is 1.67. The topological polar surface area (TPSA) is 68.0 Å². The van der Waals surface area contributed by atoms with E-state index < -0.39 is 0 Å². The van der Waals surface area contributed by atoms with Gasteiger partial charge in [0, 0.05) is 11.1 Å². The van der Waals surface area contributed by atoms with Crippen LogP contribution in [0.25, 0.3) is 0 Å². The molecule has 1 heterocycles. The first-order valence-electron chi connectivity index (χ1n) is 3.88. The van der Waals surface area contributed by atoms with Crippen LogP contribution in [0.2, 0.25) is 0 Å². The summed E-state index contributed by atoms with van der Waals surface area (Å²) in [5, 5.41) is 0. The van der Waals surface area contributed by atoms with E-state index >= 15 is 0 Å². The molecule has 0 unspecified atom stereocenters. The van der Waals surface area contributed by atoms with Gasteiger partial charge in [-0.25, -0.2) is 10.8 Å². The van der Waals surface area contributed by atoms with Crippen molar-refractivity contribution in [2.24, 2.45) is 5.84 Å². The third-order valence-corrected chi connectivity index (χ3v) is 2.35. The van der Waals surface area contributed by atoms with Crippen LogP contribution in [-0.4, -0.2) is 16.6 Å². The molecule has 0 atom stereocenters. The van der Waals surface area contributed by atoms with Gasteiger partial charge in [-0.2, -0.15) is 0 Å². The highest BCUT2D eigenvalue weighted by Crippen LogP contribution is 2.19. The number of hydrazine groups is 1. The molecule has 0 fully saturated rings. The van der Waals surface area contributed by atoms with E-state index in [-0.39, 0.29) is 5.91 Å². The van der Waals surface area contributed by atoms with Crippen LogP contribution in [0, 0.1) is 0 Å². The molecule has 0 saturated carbocycles. The van der Waals surface area contributed by atoms with Gasteiger partial charge in [-0.1, -0.05) is 6.92 Å². The SMILES string of the molecule is CCSc1cccnc1C(=O)NN. The van der Waals surface area contributed by atoms with Crippen molar-refractivity contribution in [2.75, 3.05) is 5.75 Å². The minimum absolute atomic E-state index is 0.350. The van der Waals surface area contributed by atoms with Crippen molar-refractivity contribution in [3.63, 3.8) is 0 Å². The smallest absolute Gasteiger partial charge is 0.284 e. The number of hydrogen-bond acceptors (Lipinski definition) is 4. The second-order valence-corrected chi connectivity index (χ2v) is 3.56. The maximum absolute atomic E-state index is 11.2. The van der Waals surface area contributed by atoms with Crippen molar-refractivity contribution in [3.05, 3.63) is 24.0 Å². The van der Waals surface area contributed by atoms with Crippen LogP contribution in [0.1, 0.15) is 17.4 Å². The summed E-state index contributed by atoms with van der Waals surface area (Å²) < 4.78 is 0. The standard InChI is InChI=1S/C8H11N3OS/c1-2-13-6-4-3-5-10-7(6)8(12)11-9/h3-5H,2,9H2,1H3,(H,11,12). The van der Waals surface area contributed by atoms with Crippen molar-refractivity contribution in [1.29, 1.82) is 0 Å². The lowest BCUT2D eigenvalue weighted by molar-refractivity contribution is 0.0945. The zero-order valence-electron chi connectivity index (χ0n) is 7.28. The molecule has 1 aromatic rings. The summed E-state index contributed by atoms with van der Waals surface area (Å²) in [6.45, 7) is 2.02. The summed E-state index contributed by atoms with van der Waals surface area (Å²) in [6.07, 6.45) is 1.57. The number of nitrogens with two attached hydrogens (primary N) is 1. The summed E-state index contributed by atoms with van der Waals surface area (Å²) in [6, 6.07) is 3.65. The predicted molar refractivity (Wildman–Crippen MR) is 52.3 cm³/mol. The molecule has 1 aromatic heterocycles. The Morgan fingerprint density at radius 3 is 3.15 bits per heavy atom. The second kappa shape index (κ2) is 4.84. The van der Waals surface area contributed by atoms with Crippen molar-refractivity contribution >= 4 is 17.7 Å². The Hall–Kier alpha value is -1.07. The van der Waals surface area contributed by atoms with E-state index in [1.165, 1.54) is 0 Å². The molecule has 0 aliphatic rings. The van der Waals surface area contributed by atoms with E-state index in [9.17, 15) is 4.79 Å². The van der Waals surface area contributed by atoms with Gasteiger partial charge in [-0.15, -0.1) is 11.8 Å². The van der Waals surface area contributed by atoms with Gasteiger partial charge < -0.3 is 0 Å². The Morgan fingerprint density at radius 2 is 2.54 bits per heavy atom. The number of nitrogen functional groups attached to an aromatic ring is 1. The summed E-state index contributed by atoms with van der Waals surface area (Å²) in [7, 11) is 0. The van der Waals surface area contributed by atoms with Crippen molar-refractivity contribution in [3.8, 4) is 0 Å². The van der Waals surface area contributed by atoms with Gasteiger partial charge in [-0.3, -0.25) is 10.2 Å². The number of pyridine rings is 1. The maximum atomic E-state index is 11.2. The van der Waals surface area contributed by atoms with Crippen LogP contribution < -0.4 is 11.3 Å². The van der Waals surface area contributed by atoms with Crippen molar-refractivity contribution in [1.82, 2.24) is 10.4 Å². The average molecular weight is 197 g/mol. The fraction of sp³-hybridized carbons (Fsp3) is 0.250. The lowest BCUT2D eigenvalue weighted by Crippen LogP contribution is -2.31. The minimum Gasteiger partial charge on any atom is -0.289 e. The number of carbonyl (C=O) groups excluding carboxylic acids is 1. The molecule has 13 heavy (non-hydrogen) atoms. The average Bonchev–Trinajstić information content (AvgIpc) is 2.18. The number of nitrogens with one attached hydrogen (secondary N) is 1. The molecule has 0 saturated heterocycles. The van der Waals surface area contributed by atoms with E-state index in [4.69, 9.17) is 5.84 Å². The zero-order valence-corrected chi connectivity index (χ0v) is 8.10. The number of amides is 1. The van der Waals surface area contributed by atoms with Gasteiger partial charge in [0.2, 0.25) is 0 Å². The van der Waals surface area contributed by atoms with Gasteiger partial charge >= 0.3 is 0 Å². The van der Waals surface area contributed by atoms with Gasteiger partial charge in [0.15, 0.2) is 0 Å². The van der Waals surface area contributed by atoms with Crippen LogP contribution in [0.3, 0.4) is 0 Å². The maximum Gasteiger partial charge on any atom is 0.284 e. The Bertz CT molecular complexity index is 303. The van der Waals surface area contributed by atoms with Crippen LogP contribution in [0.4, 0.5) is 0 Å². The monoisotopic (exact) mass is 197 g/mol. The molecule has 1 amide bonds. The first-order chi connectivity index (χ1) is 6.29. The molecule has 0 spiro atoms. The van der Waals surface area contributed by atoms with Crippen LogP contribution in [0.15, 0.2) is 23.2 Å². The molecule has 0 radical (unpaired) electrons. The van der Waals surface area contributed by atoms with Crippen molar-refractivity contribution < 1.29 is 4.79 Å². The molecule has 0 aliphatic carbocycles. The fourth-order valence-electron chi connectivity index (χ4n) is 0.901. The molecule has 1 rings (SSSR count). The molecule has 0 aliphatic heterocycles. The van der Waals surface area contributed by atoms with E-state index in [0.29, 0.717) is 5.69 Å². The summed E-state index contributed by atoms with van der Waals surface area (Å²) in [5.41, 5.74) is 2.45. The quantitative estimate of drug-likeness (QED) is 0.325. The van der Waals surface area contributed by atoms with Crippen LogP contribution in [-0.2, 0) is 0 Å². The van der Waals surface area contributed by atoms with Gasteiger partial charge in [-0.05, 0) is 17.9 Å². The molecular formula is C8H11N3OS. The lowest BCUT2D eigenvalue weighted by Gasteiger charge is -2.04. The number of thioether (sulfide) groups is 1. The van der Waals surface area contributed by atoms with E-state index in [1.54, 1.807) is 24.0 Å². The first kappa shape index (κ1) is 10.0. The normalized spacial score (nSPS) is 9.69. The molecular weight excluding hydrogens is 186 g/mol. The third-order valence-electron chi connectivity index (χ3n) is 1.42. The van der Waals surface area contributed by atoms with E-state index in [0.717, 1.165) is 10.6 Å². The summed E-state index contributed by atoms with van der Waals surface area (Å²) in [5.74, 6) is 5.57. The van der Waals surface area contributed by atoms with E-state index in [2.05, 4.69) is 10.4 Å². The van der Waals surface area contributed by atoms with E-state index in [1.807, 2.05) is 13.0 Å². The van der Waals surface area contributed by atoms with Crippen LogP contribution in [0.5, 0.6) is 0 Å². The third kappa shape index (κ3) is 2.43. The molecule has 3 N–H and O–H groups in total. The first-order valence-corrected chi connectivity index (χ1v) is 4.87. The predicted octanol–water partition coefficient (Wildman–Crippen LogP) is 0.797. The number of aromatic nitrogens is 1. The summed E-state index contributed by atoms with van der Waals surface area (Å²) >= 11 is 1.57. The van der Waals surface area contributed by atoms with Gasteiger partial charge in [0.1, 0.15) is 5.69 Å². The molecule has 5 heteroatoms. The lowest BCUT2D eigenvalue weighted by atomic mass is 10.3. The van der Waals surface area contributed by atoms with Gasteiger partial charge in [0.25, 0.3) is 5.91 Å². The highest BCUT2D eigenvalue weighted by atomic mass is 32.2. The molecule has 70 valence electrons. The molecule has 0 bridgehead atoms. The number of carbonyl (C=O) groups is 1. The minimum atomic E-state index is -0.350. The van der Waals surface area contributed by atoms with Gasteiger partial charge in [0.05, 0.1) is 0 Å². The zero-order chi connectivity index (χ0) is 9.68. The highest BCUT2D eigenvalue weighted by molar-refractivity contribution is 7.99.